The summed E-state index contributed by atoms with van der Waals surface area (Å²) in [7, 11) is 0.353. The van der Waals surface area contributed by atoms with Gasteiger partial charge in [0.2, 0.25) is 10.0 Å². The molecule has 0 saturated carbocycles. The third-order valence-electron chi connectivity index (χ3n) is 5.27. The van der Waals surface area contributed by atoms with Crippen LogP contribution in [0.3, 0.4) is 0 Å². The van der Waals surface area contributed by atoms with Crippen LogP contribution in [-0.4, -0.2) is 82.5 Å². The Hall–Kier alpha value is -1.15. The summed E-state index contributed by atoms with van der Waals surface area (Å²) < 4.78 is 32.3. The molecule has 0 aromatic heterocycles. The monoisotopic (exact) mass is 367 g/mol. The Kier molecular flexibility index (Phi) is 5.99. The smallest absolute Gasteiger partial charge is 0.243 e. The van der Waals surface area contributed by atoms with E-state index in [0.717, 1.165) is 26.2 Å². The number of ether oxygens (including phenoxy) is 1. The van der Waals surface area contributed by atoms with E-state index in [0.29, 0.717) is 29.7 Å². The molecule has 2 fully saturated rings. The van der Waals surface area contributed by atoms with Crippen molar-refractivity contribution in [3.8, 4) is 5.75 Å². The zero-order valence-corrected chi connectivity index (χ0v) is 16.0. The van der Waals surface area contributed by atoms with E-state index in [1.807, 2.05) is 0 Å². The van der Waals surface area contributed by atoms with E-state index < -0.39 is 10.0 Å². The molecule has 2 aliphatic heterocycles. The van der Waals surface area contributed by atoms with Crippen LogP contribution in [0, 0.1) is 5.92 Å². The van der Waals surface area contributed by atoms with Gasteiger partial charge in [-0.2, -0.15) is 4.31 Å². The van der Waals surface area contributed by atoms with Gasteiger partial charge in [-0.25, -0.2) is 8.42 Å². The van der Waals surface area contributed by atoms with Crippen molar-refractivity contribution >= 4 is 10.0 Å². The van der Waals surface area contributed by atoms with Crippen molar-refractivity contribution in [2.24, 2.45) is 5.92 Å². The number of benzene rings is 1. The fraction of sp³-hybridized carbons (Fsp3) is 0.667. The van der Waals surface area contributed by atoms with Gasteiger partial charge in [-0.3, -0.25) is 0 Å². The predicted molar refractivity (Wildman–Crippen MR) is 98.4 cm³/mol. The maximum atomic E-state index is 12.8. The molecule has 1 aromatic rings. The lowest BCUT2D eigenvalue weighted by Crippen LogP contribution is -2.50. The lowest BCUT2D eigenvalue weighted by Gasteiger charge is -2.38. The second kappa shape index (κ2) is 8.03. The van der Waals surface area contributed by atoms with Crippen LogP contribution in [0.1, 0.15) is 12.8 Å². The Bertz CT molecular complexity index is 655. The zero-order chi connectivity index (χ0) is 17.9. The van der Waals surface area contributed by atoms with E-state index in [1.165, 1.54) is 19.4 Å². The van der Waals surface area contributed by atoms with Crippen molar-refractivity contribution < 1.29 is 13.2 Å². The van der Waals surface area contributed by atoms with Gasteiger partial charge in [-0.1, -0.05) is 0 Å². The number of piperazine rings is 1. The van der Waals surface area contributed by atoms with E-state index in [-0.39, 0.29) is 0 Å². The van der Waals surface area contributed by atoms with Crippen molar-refractivity contribution in [3.05, 3.63) is 24.3 Å². The maximum Gasteiger partial charge on any atom is 0.243 e. The third-order valence-corrected chi connectivity index (χ3v) is 7.18. The van der Waals surface area contributed by atoms with E-state index in [9.17, 15) is 8.42 Å². The molecule has 2 aliphatic rings. The molecule has 0 bridgehead atoms. The third kappa shape index (κ3) is 4.53. The zero-order valence-electron chi connectivity index (χ0n) is 15.2. The van der Waals surface area contributed by atoms with Gasteiger partial charge in [0.1, 0.15) is 5.75 Å². The molecule has 7 heteroatoms. The lowest BCUT2D eigenvalue weighted by molar-refractivity contribution is 0.124. The summed E-state index contributed by atoms with van der Waals surface area (Å²) in [5, 5.41) is 0. The number of methoxy groups -OCH3 is 1. The highest BCUT2D eigenvalue weighted by Gasteiger charge is 2.29. The molecule has 0 amide bonds. The Labute approximate surface area is 151 Å². The highest BCUT2D eigenvalue weighted by Crippen LogP contribution is 2.22. The van der Waals surface area contributed by atoms with Crippen molar-refractivity contribution in [3.63, 3.8) is 0 Å². The van der Waals surface area contributed by atoms with E-state index >= 15 is 0 Å². The molecule has 0 spiro atoms. The van der Waals surface area contributed by atoms with Crippen molar-refractivity contribution in [1.82, 2.24) is 14.1 Å². The van der Waals surface area contributed by atoms with Crippen molar-refractivity contribution in [2.75, 3.05) is 60.0 Å². The first-order valence-corrected chi connectivity index (χ1v) is 10.5. The van der Waals surface area contributed by atoms with Gasteiger partial charge >= 0.3 is 0 Å². The van der Waals surface area contributed by atoms with Crippen molar-refractivity contribution in [1.29, 1.82) is 0 Å². The first-order valence-electron chi connectivity index (χ1n) is 9.04. The Morgan fingerprint density at radius 2 is 1.76 bits per heavy atom. The molecule has 1 atom stereocenters. The summed E-state index contributed by atoms with van der Waals surface area (Å²) >= 11 is 0. The number of nitrogens with zero attached hydrogens (tertiary/aromatic N) is 3. The summed E-state index contributed by atoms with van der Waals surface area (Å²) in [4.78, 5) is 5.17. The fourth-order valence-electron chi connectivity index (χ4n) is 3.84. The van der Waals surface area contributed by atoms with Crippen LogP contribution in [0.15, 0.2) is 29.2 Å². The number of rotatable bonds is 5. The Morgan fingerprint density at radius 3 is 2.36 bits per heavy atom. The average molecular weight is 368 g/mol. The lowest BCUT2D eigenvalue weighted by atomic mass is 9.97. The minimum Gasteiger partial charge on any atom is -0.497 e. The molecular weight excluding hydrogens is 338 g/mol. The summed E-state index contributed by atoms with van der Waals surface area (Å²) in [6.07, 6.45) is 2.56. The first kappa shape index (κ1) is 18.6. The minimum atomic E-state index is -3.41. The Balaban J connectivity index is 1.55. The molecule has 0 aliphatic carbocycles. The molecule has 1 aromatic carbocycles. The van der Waals surface area contributed by atoms with E-state index in [2.05, 4.69) is 16.8 Å². The highest BCUT2D eigenvalue weighted by atomic mass is 32.2. The molecule has 2 saturated heterocycles. The predicted octanol–water partition coefficient (Wildman–Crippen LogP) is 1.34. The molecule has 25 heavy (non-hydrogen) atoms. The summed E-state index contributed by atoms with van der Waals surface area (Å²) in [5.41, 5.74) is 0. The van der Waals surface area contributed by atoms with Gasteiger partial charge in [0.15, 0.2) is 0 Å². The topological polar surface area (TPSA) is 53.1 Å². The molecular formula is C18H29N3O3S. The molecule has 0 radical (unpaired) electrons. The number of likely N-dealkylation sites (tertiary alicyclic amines) is 1. The maximum absolute atomic E-state index is 12.8. The number of sulfonamides is 1. The molecule has 6 nitrogen and oxygen atoms in total. The summed E-state index contributed by atoms with van der Waals surface area (Å²) in [5.74, 6) is 1.38. The largest absolute Gasteiger partial charge is 0.497 e. The van der Waals surface area contributed by atoms with E-state index in [1.54, 1.807) is 35.7 Å². The van der Waals surface area contributed by atoms with Gasteiger partial charge in [-0.05, 0) is 56.6 Å². The molecule has 2 heterocycles. The van der Waals surface area contributed by atoms with Crippen LogP contribution in [0.4, 0.5) is 0 Å². The van der Waals surface area contributed by atoms with Crippen LogP contribution in [0.2, 0.25) is 0 Å². The number of piperidine rings is 1. The van der Waals surface area contributed by atoms with E-state index in [4.69, 9.17) is 4.74 Å². The summed E-state index contributed by atoms with van der Waals surface area (Å²) in [6.45, 7) is 6.20. The minimum absolute atomic E-state index is 0.343. The Morgan fingerprint density at radius 1 is 1.08 bits per heavy atom. The molecule has 140 valence electrons. The van der Waals surface area contributed by atoms with Gasteiger partial charge in [0.05, 0.1) is 12.0 Å². The van der Waals surface area contributed by atoms with Crippen LogP contribution in [-0.2, 0) is 10.0 Å². The second-order valence-electron chi connectivity index (χ2n) is 7.15. The van der Waals surface area contributed by atoms with Crippen LogP contribution in [0.5, 0.6) is 5.75 Å². The van der Waals surface area contributed by atoms with Gasteiger partial charge in [0, 0.05) is 39.3 Å². The first-order chi connectivity index (χ1) is 12.0. The molecule has 1 unspecified atom stereocenters. The summed E-state index contributed by atoms with van der Waals surface area (Å²) in [6, 6.07) is 6.64. The van der Waals surface area contributed by atoms with Crippen LogP contribution < -0.4 is 4.74 Å². The van der Waals surface area contributed by atoms with Gasteiger partial charge < -0.3 is 14.5 Å². The highest BCUT2D eigenvalue weighted by molar-refractivity contribution is 7.89. The molecule has 0 N–H and O–H groups in total. The SMILES string of the molecule is COc1ccc(S(=O)(=O)N2CCN(CC3CCCN(C)C3)CC2)cc1. The standard InChI is InChI=1S/C18H29N3O3S/c1-19-9-3-4-16(14-19)15-20-10-12-21(13-11-20)25(22,23)18-7-5-17(24-2)6-8-18/h5-8,16H,3-4,9-15H2,1-2H3. The van der Waals surface area contributed by atoms with Crippen LogP contribution >= 0.6 is 0 Å². The quantitative estimate of drug-likeness (QED) is 0.786. The molecule has 3 rings (SSSR count). The van der Waals surface area contributed by atoms with Crippen molar-refractivity contribution in [2.45, 2.75) is 17.7 Å². The average Bonchev–Trinajstić information content (AvgIpc) is 2.62. The van der Waals surface area contributed by atoms with Gasteiger partial charge in [-0.15, -0.1) is 0 Å². The van der Waals surface area contributed by atoms with Gasteiger partial charge in [0.25, 0.3) is 0 Å². The number of hydrogen-bond donors (Lipinski definition) is 0. The normalized spacial score (nSPS) is 24.3. The second-order valence-corrected chi connectivity index (χ2v) is 9.09. The number of hydrogen-bond acceptors (Lipinski definition) is 5. The van der Waals surface area contributed by atoms with Crippen LogP contribution in [0.25, 0.3) is 0 Å². The fourth-order valence-corrected chi connectivity index (χ4v) is 5.26.